The molecule has 1 aliphatic rings. The number of aromatic nitrogens is 4. The van der Waals surface area contributed by atoms with Crippen LogP contribution in [-0.2, 0) is 10.5 Å². The summed E-state index contributed by atoms with van der Waals surface area (Å²) in [6, 6.07) is 17.3. The molecule has 2 heterocycles. The first kappa shape index (κ1) is 21.2. The number of anilines is 2. The summed E-state index contributed by atoms with van der Waals surface area (Å²) in [6.45, 7) is 1.52. The molecule has 32 heavy (non-hydrogen) atoms. The van der Waals surface area contributed by atoms with Gasteiger partial charge in [-0.25, -0.2) is 14.6 Å². The summed E-state index contributed by atoms with van der Waals surface area (Å²) >= 11 is 9.11. The topological polar surface area (TPSA) is 63.9 Å². The van der Waals surface area contributed by atoms with Crippen LogP contribution in [-0.4, -0.2) is 25.7 Å². The lowest BCUT2D eigenvalue weighted by Crippen LogP contribution is -2.22. The Hall–Kier alpha value is -2.68. The fraction of sp³-hybridized carbons (Fsp3) is 0.217. The largest absolute Gasteiger partial charge is 0.274 e. The van der Waals surface area contributed by atoms with Gasteiger partial charge in [-0.2, -0.15) is 0 Å². The fourth-order valence-corrected chi connectivity index (χ4v) is 5.28. The van der Waals surface area contributed by atoms with E-state index in [4.69, 9.17) is 21.7 Å². The van der Waals surface area contributed by atoms with Crippen LogP contribution in [0.1, 0.15) is 37.2 Å². The average Bonchev–Trinajstić information content (AvgIpc) is 3.38. The molecule has 1 aliphatic carbocycles. The maximum atomic E-state index is 12.3. The van der Waals surface area contributed by atoms with Crippen LogP contribution in [0.4, 0.5) is 10.8 Å². The molecular formula is C23H20ClN5OS2. The molecule has 2 aromatic carbocycles. The Morgan fingerprint density at radius 3 is 2.72 bits per heavy atom. The van der Waals surface area contributed by atoms with Crippen molar-refractivity contribution in [1.82, 2.24) is 19.7 Å². The summed E-state index contributed by atoms with van der Waals surface area (Å²) in [5.74, 6) is 2.03. The molecule has 0 aliphatic heterocycles. The van der Waals surface area contributed by atoms with Crippen molar-refractivity contribution in [2.24, 2.45) is 0 Å². The van der Waals surface area contributed by atoms with Gasteiger partial charge in [0.25, 0.3) is 0 Å². The Morgan fingerprint density at radius 1 is 1.19 bits per heavy atom. The van der Waals surface area contributed by atoms with E-state index in [9.17, 15) is 4.79 Å². The minimum absolute atomic E-state index is 0.113. The molecule has 4 aromatic rings. The highest BCUT2D eigenvalue weighted by atomic mass is 35.5. The molecule has 1 amide bonds. The smallest absolute Gasteiger partial charge is 0.230 e. The van der Waals surface area contributed by atoms with E-state index < -0.39 is 0 Å². The van der Waals surface area contributed by atoms with Gasteiger partial charge in [0.1, 0.15) is 5.82 Å². The van der Waals surface area contributed by atoms with Crippen LogP contribution >= 0.6 is 34.7 Å². The van der Waals surface area contributed by atoms with Gasteiger partial charge in [0.15, 0.2) is 5.13 Å². The molecular weight excluding hydrogens is 462 g/mol. The Morgan fingerprint density at radius 2 is 2.00 bits per heavy atom. The van der Waals surface area contributed by atoms with Gasteiger partial charge in [0, 0.05) is 29.0 Å². The molecule has 1 fully saturated rings. The van der Waals surface area contributed by atoms with E-state index >= 15 is 0 Å². The monoisotopic (exact) mass is 481 g/mol. The zero-order chi connectivity index (χ0) is 22.1. The number of thiazole rings is 1. The number of para-hydroxylation sites is 1. The van der Waals surface area contributed by atoms with Crippen LogP contribution < -0.4 is 4.90 Å². The second-order valence-corrected chi connectivity index (χ2v) is 9.73. The second kappa shape index (κ2) is 9.05. The van der Waals surface area contributed by atoms with E-state index in [0.717, 1.165) is 35.2 Å². The number of nitrogens with zero attached hydrogens (tertiary/aromatic N) is 5. The molecule has 0 bridgehead atoms. The number of benzene rings is 2. The molecule has 0 radical (unpaired) electrons. The minimum Gasteiger partial charge on any atom is -0.274 e. The molecule has 162 valence electrons. The van der Waals surface area contributed by atoms with Crippen molar-refractivity contribution in [1.29, 1.82) is 0 Å². The number of hydrogen-bond donors (Lipinski definition) is 0. The predicted octanol–water partition coefficient (Wildman–Crippen LogP) is 6.23. The number of amides is 1. The van der Waals surface area contributed by atoms with Gasteiger partial charge in [0.2, 0.25) is 11.1 Å². The quantitative estimate of drug-likeness (QED) is 0.293. The van der Waals surface area contributed by atoms with E-state index in [-0.39, 0.29) is 5.91 Å². The van der Waals surface area contributed by atoms with Gasteiger partial charge in [-0.3, -0.25) is 9.69 Å². The fourth-order valence-electron chi connectivity index (χ4n) is 3.38. The van der Waals surface area contributed by atoms with Crippen molar-refractivity contribution in [3.05, 3.63) is 76.5 Å². The zero-order valence-corrected chi connectivity index (χ0v) is 19.7. The van der Waals surface area contributed by atoms with E-state index in [1.165, 1.54) is 18.3 Å². The lowest BCUT2D eigenvalue weighted by Gasteiger charge is -2.18. The van der Waals surface area contributed by atoms with Crippen LogP contribution in [0.5, 0.6) is 0 Å². The van der Waals surface area contributed by atoms with Crippen LogP contribution in [0, 0.1) is 0 Å². The van der Waals surface area contributed by atoms with Gasteiger partial charge in [-0.15, -0.1) is 16.4 Å². The predicted molar refractivity (Wildman–Crippen MR) is 129 cm³/mol. The van der Waals surface area contributed by atoms with E-state index in [2.05, 4.69) is 4.98 Å². The Bertz CT molecular complexity index is 1250. The summed E-state index contributed by atoms with van der Waals surface area (Å²) in [6.07, 6.45) is 2.32. The molecule has 1 saturated carbocycles. The number of rotatable bonds is 7. The first-order valence-corrected chi connectivity index (χ1v) is 12.5. The lowest BCUT2D eigenvalue weighted by atomic mass is 10.3. The van der Waals surface area contributed by atoms with Crippen molar-refractivity contribution in [3.63, 3.8) is 0 Å². The third-order valence-corrected chi connectivity index (χ3v) is 7.00. The van der Waals surface area contributed by atoms with E-state index in [0.29, 0.717) is 27.5 Å². The Kier molecular flexibility index (Phi) is 5.99. The first-order chi connectivity index (χ1) is 15.6. The SMILES string of the molecule is CC(=O)N(c1cccc(Cl)c1)c1nc(CSc2nc(C3CC3)n(-c3ccccc3)n2)cs1. The molecule has 0 N–H and O–H groups in total. The third kappa shape index (κ3) is 4.57. The van der Waals surface area contributed by atoms with E-state index in [1.54, 1.807) is 28.8 Å². The van der Waals surface area contributed by atoms with Crippen LogP contribution in [0.25, 0.3) is 5.69 Å². The first-order valence-electron chi connectivity index (χ1n) is 10.2. The number of thioether (sulfide) groups is 1. The summed E-state index contributed by atoms with van der Waals surface area (Å²) in [5.41, 5.74) is 2.62. The van der Waals surface area contributed by atoms with Gasteiger partial charge in [0.05, 0.1) is 17.1 Å². The number of hydrogen-bond acceptors (Lipinski definition) is 6. The maximum absolute atomic E-state index is 12.3. The molecule has 0 saturated heterocycles. The molecule has 2 aromatic heterocycles. The highest BCUT2D eigenvalue weighted by Crippen LogP contribution is 2.40. The zero-order valence-electron chi connectivity index (χ0n) is 17.3. The molecule has 9 heteroatoms. The minimum atomic E-state index is -0.113. The van der Waals surface area contributed by atoms with Crippen LogP contribution in [0.2, 0.25) is 5.02 Å². The second-order valence-electron chi connectivity index (χ2n) is 7.52. The normalized spacial score (nSPS) is 13.3. The maximum Gasteiger partial charge on any atom is 0.230 e. The Labute approximate surface area is 199 Å². The molecule has 0 atom stereocenters. The van der Waals surface area contributed by atoms with Crippen LogP contribution in [0.3, 0.4) is 0 Å². The van der Waals surface area contributed by atoms with Gasteiger partial charge in [-0.1, -0.05) is 47.6 Å². The molecule has 0 unspecified atom stereocenters. The van der Waals surface area contributed by atoms with Crippen molar-refractivity contribution < 1.29 is 4.79 Å². The van der Waals surface area contributed by atoms with Crippen molar-refractivity contribution in [2.45, 2.75) is 36.6 Å². The van der Waals surface area contributed by atoms with Gasteiger partial charge >= 0.3 is 0 Å². The third-order valence-electron chi connectivity index (χ3n) is 5.02. The molecule has 6 nitrogen and oxygen atoms in total. The van der Waals surface area contributed by atoms with Gasteiger partial charge in [-0.05, 0) is 43.2 Å². The van der Waals surface area contributed by atoms with Crippen molar-refractivity contribution in [2.75, 3.05) is 4.90 Å². The molecule has 5 rings (SSSR count). The summed E-state index contributed by atoms with van der Waals surface area (Å²) < 4.78 is 1.96. The summed E-state index contributed by atoms with van der Waals surface area (Å²) in [4.78, 5) is 23.4. The summed E-state index contributed by atoms with van der Waals surface area (Å²) in [7, 11) is 0. The highest BCUT2D eigenvalue weighted by Gasteiger charge is 2.30. The van der Waals surface area contributed by atoms with Gasteiger partial charge < -0.3 is 0 Å². The number of halogens is 1. The molecule has 0 spiro atoms. The standard InChI is InChI=1S/C23H20ClN5OS2/c1-15(30)28(20-9-5-6-17(24)12-20)23-25-18(14-32-23)13-31-22-26-21(16-10-11-16)29(27-22)19-7-3-2-4-8-19/h2-9,12,14,16H,10-11,13H2,1H3. The number of carbonyl (C=O) groups is 1. The highest BCUT2D eigenvalue weighted by molar-refractivity contribution is 7.98. The Balaban J connectivity index is 1.34. The van der Waals surface area contributed by atoms with Crippen molar-refractivity contribution in [3.8, 4) is 5.69 Å². The average molecular weight is 482 g/mol. The van der Waals surface area contributed by atoms with E-state index in [1.807, 2.05) is 52.5 Å². The van der Waals surface area contributed by atoms with Crippen LogP contribution in [0.15, 0.2) is 65.1 Å². The number of carbonyl (C=O) groups excluding carboxylic acids is 1. The van der Waals surface area contributed by atoms with Crippen molar-refractivity contribution >= 4 is 51.4 Å². The lowest BCUT2D eigenvalue weighted by molar-refractivity contribution is -0.115. The summed E-state index contributed by atoms with van der Waals surface area (Å²) in [5, 5.41) is 8.66.